The summed E-state index contributed by atoms with van der Waals surface area (Å²) < 4.78 is 10.9. The molecule has 2 aromatic rings. The summed E-state index contributed by atoms with van der Waals surface area (Å²) in [5, 5.41) is 12.3. The van der Waals surface area contributed by atoms with Gasteiger partial charge in [0.05, 0.1) is 23.8 Å². The maximum absolute atomic E-state index is 13.3. The molecule has 28 heavy (non-hydrogen) atoms. The molecule has 2 N–H and O–H groups in total. The Morgan fingerprint density at radius 1 is 1.18 bits per heavy atom. The van der Waals surface area contributed by atoms with Gasteiger partial charge >= 0.3 is 5.97 Å². The number of amides is 2. The van der Waals surface area contributed by atoms with Gasteiger partial charge in [0.25, 0.3) is 11.8 Å². The first-order chi connectivity index (χ1) is 13.4. The van der Waals surface area contributed by atoms with E-state index in [4.69, 9.17) is 21.1 Å². The molecule has 0 aromatic heterocycles. The number of benzene rings is 2. The number of anilines is 2. The first-order valence-electron chi connectivity index (χ1n) is 8.47. The van der Waals surface area contributed by atoms with Crippen molar-refractivity contribution in [3.63, 3.8) is 0 Å². The molecule has 1 atom stereocenters. The monoisotopic (exact) mass is 402 g/mol. The van der Waals surface area contributed by atoms with Crippen LogP contribution in [0.5, 0.6) is 11.5 Å². The molecule has 2 amide bonds. The number of halogens is 1. The highest BCUT2D eigenvalue weighted by atomic mass is 35.5. The summed E-state index contributed by atoms with van der Waals surface area (Å²) in [5.41, 5.74) is 1.11. The second-order valence-corrected chi connectivity index (χ2v) is 6.83. The van der Waals surface area contributed by atoms with E-state index in [-0.39, 0.29) is 31.1 Å². The van der Waals surface area contributed by atoms with Crippen LogP contribution >= 0.6 is 11.6 Å². The summed E-state index contributed by atoms with van der Waals surface area (Å²) in [4.78, 5) is 37.5. The SMILES string of the molecule is O=C(O)CC1COc2cc(Cl)ccc2N1C(=O)c1ccc2c(c1)NC(=O)CO2. The predicted molar refractivity (Wildman–Crippen MR) is 100 cm³/mol. The van der Waals surface area contributed by atoms with Gasteiger partial charge < -0.3 is 19.9 Å². The molecule has 0 aliphatic carbocycles. The third kappa shape index (κ3) is 3.34. The van der Waals surface area contributed by atoms with E-state index in [1.165, 1.54) is 11.0 Å². The van der Waals surface area contributed by atoms with Gasteiger partial charge in [0, 0.05) is 16.7 Å². The van der Waals surface area contributed by atoms with Gasteiger partial charge in [-0.1, -0.05) is 11.6 Å². The molecule has 0 saturated heterocycles. The summed E-state index contributed by atoms with van der Waals surface area (Å²) in [6, 6.07) is 8.78. The van der Waals surface area contributed by atoms with Crippen LogP contribution < -0.4 is 19.7 Å². The number of nitrogens with zero attached hydrogens (tertiary/aromatic N) is 1. The fourth-order valence-electron chi connectivity index (χ4n) is 3.24. The highest BCUT2D eigenvalue weighted by Gasteiger charge is 2.35. The van der Waals surface area contributed by atoms with E-state index in [2.05, 4.69) is 5.32 Å². The van der Waals surface area contributed by atoms with Crippen LogP contribution in [0.2, 0.25) is 5.02 Å². The largest absolute Gasteiger partial charge is 0.489 e. The average molecular weight is 403 g/mol. The molecule has 0 spiro atoms. The van der Waals surface area contributed by atoms with E-state index in [0.29, 0.717) is 27.9 Å². The number of carboxylic acid groups (broad SMARTS) is 1. The number of carboxylic acids is 1. The number of aliphatic carboxylic acids is 1. The normalized spacial score (nSPS) is 17.5. The Morgan fingerprint density at radius 2 is 2.00 bits per heavy atom. The molecule has 0 fully saturated rings. The van der Waals surface area contributed by atoms with Crippen molar-refractivity contribution in [2.24, 2.45) is 0 Å². The molecule has 2 aliphatic rings. The minimum absolute atomic E-state index is 0.0240. The van der Waals surface area contributed by atoms with Crippen LogP contribution in [0.3, 0.4) is 0 Å². The van der Waals surface area contributed by atoms with Crippen molar-refractivity contribution < 1.29 is 29.0 Å². The molecule has 4 rings (SSSR count). The summed E-state index contributed by atoms with van der Waals surface area (Å²) in [5.74, 6) is -0.910. The van der Waals surface area contributed by atoms with Crippen LogP contribution in [-0.4, -0.2) is 42.1 Å². The molecule has 8 nitrogen and oxygen atoms in total. The van der Waals surface area contributed by atoms with Gasteiger partial charge in [0.2, 0.25) is 0 Å². The Balaban J connectivity index is 1.74. The van der Waals surface area contributed by atoms with E-state index >= 15 is 0 Å². The van der Waals surface area contributed by atoms with Gasteiger partial charge in [0.15, 0.2) is 6.61 Å². The zero-order valence-electron chi connectivity index (χ0n) is 14.5. The van der Waals surface area contributed by atoms with Gasteiger partial charge in [-0.05, 0) is 30.3 Å². The van der Waals surface area contributed by atoms with Gasteiger partial charge in [-0.2, -0.15) is 0 Å². The molecule has 144 valence electrons. The highest BCUT2D eigenvalue weighted by molar-refractivity contribution is 6.31. The second-order valence-electron chi connectivity index (χ2n) is 6.40. The Hall–Kier alpha value is -3.26. The number of carbonyl (C=O) groups is 3. The lowest BCUT2D eigenvalue weighted by atomic mass is 10.1. The van der Waals surface area contributed by atoms with E-state index in [9.17, 15) is 19.5 Å². The van der Waals surface area contributed by atoms with Gasteiger partial charge in [0.1, 0.15) is 18.1 Å². The molecule has 0 bridgehead atoms. The summed E-state index contributed by atoms with van der Waals surface area (Å²) >= 11 is 6.00. The lowest BCUT2D eigenvalue weighted by molar-refractivity contribution is -0.137. The van der Waals surface area contributed by atoms with E-state index in [0.717, 1.165) is 0 Å². The molecular formula is C19H15ClN2O6. The zero-order chi connectivity index (χ0) is 19.8. The minimum Gasteiger partial charge on any atom is -0.489 e. The minimum atomic E-state index is -1.05. The Morgan fingerprint density at radius 3 is 2.79 bits per heavy atom. The van der Waals surface area contributed by atoms with Crippen molar-refractivity contribution in [1.82, 2.24) is 0 Å². The quantitative estimate of drug-likeness (QED) is 0.817. The number of nitrogens with one attached hydrogen (secondary N) is 1. The number of ether oxygens (including phenoxy) is 2. The van der Waals surface area contributed by atoms with E-state index in [1.807, 2.05) is 0 Å². The van der Waals surface area contributed by atoms with Crippen LogP contribution in [0, 0.1) is 0 Å². The predicted octanol–water partition coefficient (Wildman–Crippen LogP) is 2.55. The standard InChI is InChI=1S/C19H15ClN2O6/c20-11-2-3-14-16(6-11)27-8-12(7-18(24)25)22(14)19(26)10-1-4-15-13(5-10)21-17(23)9-28-15/h1-6,12H,7-9H2,(H,21,23)(H,24,25). The lowest BCUT2D eigenvalue weighted by Crippen LogP contribution is -2.48. The van der Waals surface area contributed by atoms with Gasteiger partial charge in [-0.3, -0.25) is 19.3 Å². The van der Waals surface area contributed by atoms with Crippen LogP contribution in [0.25, 0.3) is 0 Å². The second kappa shape index (κ2) is 7.05. The molecule has 2 heterocycles. The topological polar surface area (TPSA) is 105 Å². The van der Waals surface area contributed by atoms with Gasteiger partial charge in [-0.15, -0.1) is 0 Å². The maximum Gasteiger partial charge on any atom is 0.305 e. The smallest absolute Gasteiger partial charge is 0.305 e. The molecule has 2 aromatic carbocycles. The fourth-order valence-corrected chi connectivity index (χ4v) is 3.40. The van der Waals surface area contributed by atoms with Crippen LogP contribution in [0.4, 0.5) is 11.4 Å². The third-order valence-corrected chi connectivity index (χ3v) is 4.70. The summed E-state index contributed by atoms with van der Waals surface area (Å²) in [6.07, 6.45) is -0.279. The number of hydrogen-bond donors (Lipinski definition) is 2. The van der Waals surface area contributed by atoms with E-state index in [1.54, 1.807) is 30.3 Å². The summed E-state index contributed by atoms with van der Waals surface area (Å²) in [6.45, 7) is -0.0608. The number of hydrogen-bond acceptors (Lipinski definition) is 5. The van der Waals surface area contributed by atoms with Crippen LogP contribution in [0.1, 0.15) is 16.8 Å². The van der Waals surface area contributed by atoms with Crippen molar-refractivity contribution in [3.8, 4) is 11.5 Å². The first kappa shape index (κ1) is 18.1. The Labute approximate surface area is 164 Å². The van der Waals surface area contributed by atoms with Crippen molar-refractivity contribution in [2.45, 2.75) is 12.5 Å². The van der Waals surface area contributed by atoms with Crippen molar-refractivity contribution in [2.75, 3.05) is 23.4 Å². The molecule has 9 heteroatoms. The van der Waals surface area contributed by atoms with Crippen molar-refractivity contribution in [1.29, 1.82) is 0 Å². The molecular weight excluding hydrogens is 388 g/mol. The first-order valence-corrected chi connectivity index (χ1v) is 8.84. The van der Waals surface area contributed by atoms with Crippen molar-refractivity contribution in [3.05, 3.63) is 47.0 Å². The van der Waals surface area contributed by atoms with Gasteiger partial charge in [-0.25, -0.2) is 0 Å². The fraction of sp³-hybridized carbons (Fsp3) is 0.211. The maximum atomic E-state index is 13.3. The van der Waals surface area contributed by atoms with Crippen LogP contribution in [-0.2, 0) is 9.59 Å². The number of carbonyl (C=O) groups excluding carboxylic acids is 2. The number of rotatable bonds is 3. The third-order valence-electron chi connectivity index (χ3n) is 4.47. The van der Waals surface area contributed by atoms with Crippen molar-refractivity contribution >= 4 is 40.8 Å². The Kier molecular flexibility index (Phi) is 4.56. The summed E-state index contributed by atoms with van der Waals surface area (Å²) in [7, 11) is 0. The Bertz CT molecular complexity index is 992. The average Bonchev–Trinajstić information content (AvgIpc) is 2.66. The molecule has 1 unspecified atom stereocenters. The lowest BCUT2D eigenvalue weighted by Gasteiger charge is -2.36. The van der Waals surface area contributed by atoms with Crippen LogP contribution in [0.15, 0.2) is 36.4 Å². The number of fused-ring (bicyclic) bond motifs is 2. The molecule has 0 saturated carbocycles. The highest BCUT2D eigenvalue weighted by Crippen LogP contribution is 2.38. The van der Waals surface area contributed by atoms with E-state index < -0.39 is 17.9 Å². The zero-order valence-corrected chi connectivity index (χ0v) is 15.2. The molecule has 0 radical (unpaired) electrons. The molecule has 2 aliphatic heterocycles.